The second-order valence-corrected chi connectivity index (χ2v) is 7.50. The molecule has 2 rings (SSSR count). The average molecular weight is 339 g/mol. The van der Waals surface area contributed by atoms with Crippen LogP contribution >= 0.6 is 11.6 Å². The molecule has 5 nitrogen and oxygen atoms in total. The Bertz CT molecular complexity index is 580. The van der Waals surface area contributed by atoms with Crippen LogP contribution in [0.15, 0.2) is 24.3 Å². The van der Waals surface area contributed by atoms with Crippen molar-refractivity contribution in [3.63, 3.8) is 0 Å². The quantitative estimate of drug-likeness (QED) is 0.865. The highest BCUT2D eigenvalue weighted by molar-refractivity contribution is 6.30. The predicted octanol–water partition coefficient (Wildman–Crippen LogP) is 3.63. The van der Waals surface area contributed by atoms with E-state index in [1.165, 1.54) is 4.90 Å². The Hall–Kier alpha value is -1.75. The minimum atomic E-state index is -0.896. The van der Waals surface area contributed by atoms with Crippen LogP contribution in [0.2, 0.25) is 5.02 Å². The van der Waals surface area contributed by atoms with Crippen molar-refractivity contribution < 1.29 is 14.7 Å². The van der Waals surface area contributed by atoms with Crippen LogP contribution in [0.3, 0.4) is 0 Å². The molecule has 23 heavy (non-hydrogen) atoms. The van der Waals surface area contributed by atoms with Crippen LogP contribution in [0.5, 0.6) is 0 Å². The van der Waals surface area contributed by atoms with Gasteiger partial charge in [0, 0.05) is 29.2 Å². The molecule has 2 unspecified atom stereocenters. The Balaban J connectivity index is 2.05. The van der Waals surface area contributed by atoms with Crippen LogP contribution in [0.1, 0.15) is 44.0 Å². The van der Waals surface area contributed by atoms with Crippen LogP contribution in [-0.2, 0) is 0 Å². The molecule has 126 valence electrons. The summed E-state index contributed by atoms with van der Waals surface area (Å²) < 4.78 is 0. The molecule has 2 N–H and O–H groups in total. The lowest BCUT2D eigenvalue weighted by Crippen LogP contribution is -2.56. The van der Waals surface area contributed by atoms with Crippen molar-refractivity contribution in [3.05, 3.63) is 34.9 Å². The van der Waals surface area contributed by atoms with Gasteiger partial charge >= 0.3 is 6.09 Å². The smallest absolute Gasteiger partial charge is 0.407 e. The Morgan fingerprint density at radius 2 is 1.87 bits per heavy atom. The highest BCUT2D eigenvalue weighted by Gasteiger charge is 2.39. The van der Waals surface area contributed by atoms with Gasteiger partial charge in [-0.3, -0.25) is 4.79 Å². The molecule has 2 amide bonds. The Morgan fingerprint density at radius 3 is 2.39 bits per heavy atom. The average Bonchev–Trinajstić information content (AvgIpc) is 2.46. The molecule has 0 saturated carbocycles. The summed E-state index contributed by atoms with van der Waals surface area (Å²) in [7, 11) is 0. The van der Waals surface area contributed by atoms with Crippen molar-refractivity contribution in [1.29, 1.82) is 0 Å². The molecule has 0 spiro atoms. The molecular formula is C17H23ClN2O3. The Morgan fingerprint density at radius 1 is 1.26 bits per heavy atom. The van der Waals surface area contributed by atoms with E-state index < -0.39 is 6.09 Å². The van der Waals surface area contributed by atoms with Gasteiger partial charge in [-0.25, -0.2) is 4.79 Å². The number of hydrogen-bond acceptors (Lipinski definition) is 2. The number of amides is 2. The topological polar surface area (TPSA) is 69.6 Å². The van der Waals surface area contributed by atoms with Crippen LogP contribution in [-0.4, -0.2) is 40.6 Å². The summed E-state index contributed by atoms with van der Waals surface area (Å²) in [6.45, 7) is 6.51. The van der Waals surface area contributed by atoms with Gasteiger partial charge in [0.25, 0.3) is 5.91 Å². The second-order valence-electron chi connectivity index (χ2n) is 7.06. The molecular weight excluding hydrogens is 316 g/mol. The van der Waals surface area contributed by atoms with Gasteiger partial charge in [0.15, 0.2) is 0 Å². The summed E-state index contributed by atoms with van der Waals surface area (Å²) >= 11 is 5.83. The number of nitrogens with one attached hydrogen (secondary N) is 1. The van der Waals surface area contributed by atoms with E-state index in [0.717, 1.165) is 0 Å². The van der Waals surface area contributed by atoms with Gasteiger partial charge in [-0.1, -0.05) is 32.4 Å². The number of nitrogens with zero attached hydrogens (tertiary/aromatic N) is 1. The van der Waals surface area contributed by atoms with Gasteiger partial charge in [-0.15, -0.1) is 0 Å². The van der Waals surface area contributed by atoms with E-state index in [1.54, 1.807) is 24.3 Å². The molecule has 0 radical (unpaired) electrons. The van der Waals surface area contributed by atoms with Gasteiger partial charge in [-0.2, -0.15) is 0 Å². The molecule has 6 heteroatoms. The highest BCUT2D eigenvalue weighted by Crippen LogP contribution is 2.32. The zero-order valence-corrected chi connectivity index (χ0v) is 14.4. The van der Waals surface area contributed by atoms with Crippen LogP contribution in [0, 0.1) is 5.41 Å². The summed E-state index contributed by atoms with van der Waals surface area (Å²) in [5.74, 6) is -0.150. The van der Waals surface area contributed by atoms with E-state index in [4.69, 9.17) is 11.6 Å². The maximum atomic E-state index is 12.3. The lowest BCUT2D eigenvalue weighted by Gasteiger charge is -2.44. The molecule has 0 aromatic heterocycles. The minimum absolute atomic E-state index is 0.0296. The van der Waals surface area contributed by atoms with Gasteiger partial charge in [0.2, 0.25) is 0 Å². The Labute approximate surface area is 141 Å². The maximum Gasteiger partial charge on any atom is 0.407 e. The van der Waals surface area contributed by atoms with Gasteiger partial charge < -0.3 is 15.3 Å². The lowest BCUT2D eigenvalue weighted by atomic mass is 9.79. The fourth-order valence-electron chi connectivity index (χ4n) is 3.02. The first-order chi connectivity index (χ1) is 10.7. The molecule has 0 bridgehead atoms. The fourth-order valence-corrected chi connectivity index (χ4v) is 3.14. The summed E-state index contributed by atoms with van der Waals surface area (Å²) in [5, 5.41) is 13.0. The molecule has 1 heterocycles. The lowest BCUT2D eigenvalue weighted by molar-refractivity contribution is 0.0470. The number of benzene rings is 1. The molecule has 1 saturated heterocycles. The SMILES string of the molecule is CC(C)(C)C1CC(NC(=O)c2ccc(Cl)cc2)CCN1C(=O)O. The number of hydrogen-bond donors (Lipinski definition) is 2. The van der Waals surface area contributed by atoms with E-state index in [2.05, 4.69) is 5.32 Å². The first kappa shape index (κ1) is 17.6. The molecule has 0 aliphatic carbocycles. The number of rotatable bonds is 2. The number of likely N-dealkylation sites (tertiary alicyclic amines) is 1. The molecule has 2 atom stereocenters. The maximum absolute atomic E-state index is 12.3. The van der Waals surface area contributed by atoms with Crippen molar-refractivity contribution in [2.45, 2.75) is 45.7 Å². The monoisotopic (exact) mass is 338 g/mol. The van der Waals surface area contributed by atoms with Crippen molar-refractivity contribution >= 4 is 23.6 Å². The van der Waals surface area contributed by atoms with Crippen LogP contribution in [0.25, 0.3) is 0 Å². The number of carboxylic acid groups (broad SMARTS) is 1. The predicted molar refractivity (Wildman–Crippen MR) is 89.9 cm³/mol. The third kappa shape index (κ3) is 4.38. The van der Waals surface area contributed by atoms with Gasteiger partial charge in [0.1, 0.15) is 0 Å². The zero-order valence-electron chi connectivity index (χ0n) is 13.7. The number of carbonyl (C=O) groups excluding carboxylic acids is 1. The van der Waals surface area contributed by atoms with Crippen molar-refractivity contribution in [1.82, 2.24) is 10.2 Å². The standard InChI is InChI=1S/C17H23ClN2O3/c1-17(2,3)14-10-13(8-9-20(14)16(22)23)19-15(21)11-4-6-12(18)7-5-11/h4-7,13-14H,8-10H2,1-3H3,(H,19,21)(H,22,23). The third-order valence-electron chi connectivity index (χ3n) is 4.29. The summed E-state index contributed by atoms with van der Waals surface area (Å²) in [6.07, 6.45) is 0.347. The second kappa shape index (κ2) is 6.79. The molecule has 1 aromatic carbocycles. The van der Waals surface area contributed by atoms with Gasteiger partial charge in [0.05, 0.1) is 0 Å². The number of carbonyl (C=O) groups is 2. The van der Waals surface area contributed by atoms with Crippen LogP contribution in [0.4, 0.5) is 4.79 Å². The van der Waals surface area contributed by atoms with Crippen molar-refractivity contribution in [3.8, 4) is 0 Å². The fraction of sp³-hybridized carbons (Fsp3) is 0.529. The minimum Gasteiger partial charge on any atom is -0.465 e. The summed E-state index contributed by atoms with van der Waals surface area (Å²) in [6, 6.07) is 6.58. The number of piperidine rings is 1. The first-order valence-electron chi connectivity index (χ1n) is 7.74. The molecule has 1 aliphatic rings. The summed E-state index contributed by atoms with van der Waals surface area (Å²) in [4.78, 5) is 25.2. The largest absolute Gasteiger partial charge is 0.465 e. The normalized spacial score (nSPS) is 21.8. The molecule has 1 fully saturated rings. The molecule has 1 aromatic rings. The third-order valence-corrected chi connectivity index (χ3v) is 4.54. The Kier molecular flexibility index (Phi) is 5.19. The van der Waals surface area contributed by atoms with E-state index in [9.17, 15) is 14.7 Å². The van der Waals surface area contributed by atoms with Crippen molar-refractivity contribution in [2.75, 3.05) is 6.54 Å². The van der Waals surface area contributed by atoms with E-state index in [1.807, 2.05) is 20.8 Å². The first-order valence-corrected chi connectivity index (χ1v) is 8.12. The molecule has 1 aliphatic heterocycles. The van der Waals surface area contributed by atoms with E-state index in [0.29, 0.717) is 30.0 Å². The summed E-state index contributed by atoms with van der Waals surface area (Å²) in [5.41, 5.74) is 0.379. The zero-order chi connectivity index (χ0) is 17.2. The number of halogens is 1. The van der Waals surface area contributed by atoms with Gasteiger partial charge in [-0.05, 0) is 42.5 Å². The van der Waals surface area contributed by atoms with E-state index >= 15 is 0 Å². The van der Waals surface area contributed by atoms with Crippen molar-refractivity contribution in [2.24, 2.45) is 5.41 Å². The highest BCUT2D eigenvalue weighted by atomic mass is 35.5. The van der Waals surface area contributed by atoms with E-state index in [-0.39, 0.29) is 23.4 Å². The van der Waals surface area contributed by atoms with Crippen LogP contribution < -0.4 is 5.32 Å².